The third kappa shape index (κ3) is 6.20. The van der Waals surface area contributed by atoms with Gasteiger partial charge in [-0.1, -0.05) is 23.7 Å². The Bertz CT molecular complexity index is 1070. The molecule has 0 aliphatic carbocycles. The Morgan fingerprint density at radius 2 is 1.71 bits per heavy atom. The van der Waals surface area contributed by atoms with Crippen LogP contribution in [0.1, 0.15) is 21.5 Å². The van der Waals surface area contributed by atoms with E-state index in [1.165, 1.54) is 32.6 Å². The van der Waals surface area contributed by atoms with Crippen molar-refractivity contribution in [2.24, 2.45) is 5.10 Å². The number of halogens is 2. The molecule has 0 spiro atoms. The molecule has 3 aromatic rings. The molecule has 3 rings (SSSR count). The van der Waals surface area contributed by atoms with Gasteiger partial charge in [0.05, 0.1) is 20.4 Å². The first-order valence-corrected chi connectivity index (χ1v) is 9.59. The number of hydrazone groups is 1. The van der Waals surface area contributed by atoms with E-state index in [0.717, 1.165) is 5.56 Å². The van der Waals surface area contributed by atoms with Gasteiger partial charge in [-0.25, -0.2) is 9.82 Å². The van der Waals surface area contributed by atoms with Crippen LogP contribution in [0.4, 0.5) is 4.39 Å². The van der Waals surface area contributed by atoms with E-state index in [4.69, 9.17) is 25.8 Å². The van der Waals surface area contributed by atoms with E-state index >= 15 is 0 Å². The highest BCUT2D eigenvalue weighted by Gasteiger charge is 2.10. The summed E-state index contributed by atoms with van der Waals surface area (Å²) in [6, 6.07) is 15.9. The number of carbonyl (C=O) groups excluding carboxylic acids is 1. The molecular weight excluding hydrogens is 423 g/mol. The molecule has 0 bridgehead atoms. The van der Waals surface area contributed by atoms with Crippen LogP contribution in [0.2, 0.25) is 5.02 Å². The van der Waals surface area contributed by atoms with Gasteiger partial charge >= 0.3 is 0 Å². The maximum Gasteiger partial charge on any atom is 0.271 e. The average Bonchev–Trinajstić information content (AvgIpc) is 2.79. The van der Waals surface area contributed by atoms with E-state index in [1.54, 1.807) is 48.5 Å². The SMILES string of the molecule is COc1cc(OC)cc(C(=O)NN=Cc2cc(Cl)ccc2OCc2ccc(F)cc2)c1. The van der Waals surface area contributed by atoms with Crippen molar-refractivity contribution in [3.05, 3.63) is 88.2 Å². The zero-order valence-corrected chi connectivity index (χ0v) is 17.7. The highest BCUT2D eigenvalue weighted by Crippen LogP contribution is 2.24. The molecule has 1 amide bonds. The number of carbonyl (C=O) groups is 1. The van der Waals surface area contributed by atoms with Gasteiger partial charge in [0.2, 0.25) is 0 Å². The number of hydrogen-bond acceptors (Lipinski definition) is 5. The molecular formula is C23H20ClFN2O4. The minimum Gasteiger partial charge on any atom is -0.497 e. The fraction of sp³-hybridized carbons (Fsp3) is 0.130. The molecule has 0 atom stereocenters. The highest BCUT2D eigenvalue weighted by atomic mass is 35.5. The maximum atomic E-state index is 13.0. The highest BCUT2D eigenvalue weighted by molar-refractivity contribution is 6.30. The van der Waals surface area contributed by atoms with Crippen LogP contribution < -0.4 is 19.6 Å². The second-order valence-electron chi connectivity index (χ2n) is 6.40. The van der Waals surface area contributed by atoms with Crippen molar-refractivity contribution < 1.29 is 23.4 Å². The Morgan fingerprint density at radius 3 is 2.35 bits per heavy atom. The summed E-state index contributed by atoms with van der Waals surface area (Å²) in [5, 5.41) is 4.49. The van der Waals surface area contributed by atoms with Gasteiger partial charge in [-0.2, -0.15) is 5.10 Å². The van der Waals surface area contributed by atoms with Gasteiger partial charge in [-0.15, -0.1) is 0 Å². The average molecular weight is 443 g/mol. The summed E-state index contributed by atoms with van der Waals surface area (Å²) in [6.45, 7) is 0.235. The van der Waals surface area contributed by atoms with E-state index in [0.29, 0.717) is 33.4 Å². The van der Waals surface area contributed by atoms with Gasteiger partial charge in [0, 0.05) is 22.2 Å². The van der Waals surface area contributed by atoms with Gasteiger partial charge in [0.15, 0.2) is 0 Å². The van der Waals surface area contributed by atoms with E-state index in [9.17, 15) is 9.18 Å². The number of rotatable bonds is 8. The van der Waals surface area contributed by atoms with E-state index in [1.807, 2.05) is 0 Å². The summed E-state index contributed by atoms with van der Waals surface area (Å²) in [5.74, 6) is 0.728. The Hall–Kier alpha value is -3.58. The fourth-order valence-corrected chi connectivity index (χ4v) is 2.84. The van der Waals surface area contributed by atoms with Crippen LogP contribution in [-0.4, -0.2) is 26.3 Å². The number of methoxy groups -OCH3 is 2. The number of nitrogens with one attached hydrogen (secondary N) is 1. The molecule has 31 heavy (non-hydrogen) atoms. The van der Waals surface area contributed by atoms with Gasteiger partial charge in [-0.05, 0) is 48.0 Å². The van der Waals surface area contributed by atoms with Crippen LogP contribution in [0, 0.1) is 5.82 Å². The van der Waals surface area contributed by atoms with Gasteiger partial charge in [-0.3, -0.25) is 4.79 Å². The smallest absolute Gasteiger partial charge is 0.271 e. The van der Waals surface area contributed by atoms with Crippen molar-refractivity contribution in [2.45, 2.75) is 6.61 Å². The molecule has 0 aliphatic rings. The lowest BCUT2D eigenvalue weighted by molar-refractivity contribution is 0.0954. The minimum absolute atomic E-state index is 0.235. The molecule has 8 heteroatoms. The van der Waals surface area contributed by atoms with Crippen molar-refractivity contribution in [3.63, 3.8) is 0 Å². The van der Waals surface area contributed by atoms with Crippen LogP contribution in [-0.2, 0) is 6.61 Å². The largest absolute Gasteiger partial charge is 0.497 e. The topological polar surface area (TPSA) is 69.2 Å². The van der Waals surface area contributed by atoms with Crippen molar-refractivity contribution in [3.8, 4) is 17.2 Å². The normalized spacial score (nSPS) is 10.7. The molecule has 160 valence electrons. The summed E-state index contributed by atoms with van der Waals surface area (Å²) in [5.41, 5.74) is 4.15. The van der Waals surface area contributed by atoms with Crippen LogP contribution in [0.5, 0.6) is 17.2 Å². The summed E-state index contributed by atoms with van der Waals surface area (Å²) in [6.07, 6.45) is 1.43. The molecule has 0 unspecified atom stereocenters. The first-order chi connectivity index (χ1) is 15.0. The zero-order chi connectivity index (χ0) is 22.2. The second-order valence-corrected chi connectivity index (χ2v) is 6.83. The van der Waals surface area contributed by atoms with Crippen LogP contribution in [0.3, 0.4) is 0 Å². The number of ether oxygens (including phenoxy) is 3. The number of amides is 1. The van der Waals surface area contributed by atoms with Crippen molar-refractivity contribution in [1.82, 2.24) is 5.43 Å². The van der Waals surface area contributed by atoms with Crippen molar-refractivity contribution in [1.29, 1.82) is 0 Å². The lowest BCUT2D eigenvalue weighted by atomic mass is 10.2. The molecule has 0 saturated heterocycles. The number of hydrogen-bond donors (Lipinski definition) is 1. The third-order valence-electron chi connectivity index (χ3n) is 4.26. The summed E-state index contributed by atoms with van der Waals surface area (Å²) in [7, 11) is 3.00. The molecule has 6 nitrogen and oxygen atoms in total. The summed E-state index contributed by atoms with van der Waals surface area (Å²) in [4.78, 5) is 12.4. The molecule has 3 aromatic carbocycles. The van der Waals surface area contributed by atoms with E-state index in [-0.39, 0.29) is 12.4 Å². The van der Waals surface area contributed by atoms with E-state index in [2.05, 4.69) is 10.5 Å². The molecule has 0 fully saturated rings. The minimum atomic E-state index is -0.441. The number of benzene rings is 3. The number of nitrogens with zero attached hydrogens (tertiary/aromatic N) is 1. The second kappa shape index (κ2) is 10.4. The first-order valence-electron chi connectivity index (χ1n) is 9.22. The lowest BCUT2D eigenvalue weighted by Crippen LogP contribution is -2.17. The predicted octanol–water partition coefficient (Wildman–Crippen LogP) is 4.84. The van der Waals surface area contributed by atoms with Gasteiger partial charge in [0.25, 0.3) is 5.91 Å². The first kappa shape index (κ1) is 22.1. The van der Waals surface area contributed by atoms with Crippen molar-refractivity contribution in [2.75, 3.05) is 14.2 Å². The monoisotopic (exact) mass is 442 g/mol. The quantitative estimate of drug-likeness (QED) is 0.400. The standard InChI is InChI=1S/C23H20ClFN2O4/c1-29-20-10-16(11-21(12-20)30-2)23(28)27-26-13-17-9-18(24)5-8-22(17)31-14-15-3-6-19(25)7-4-15/h3-13H,14H2,1-2H3,(H,27,28). The third-order valence-corrected chi connectivity index (χ3v) is 4.50. The van der Waals surface area contributed by atoms with Gasteiger partial charge < -0.3 is 14.2 Å². The molecule has 1 N–H and O–H groups in total. The van der Waals surface area contributed by atoms with Gasteiger partial charge in [0.1, 0.15) is 29.7 Å². The Morgan fingerprint density at radius 1 is 1.03 bits per heavy atom. The molecule has 0 saturated carbocycles. The molecule has 0 aliphatic heterocycles. The lowest BCUT2D eigenvalue weighted by Gasteiger charge is -2.10. The van der Waals surface area contributed by atoms with E-state index < -0.39 is 5.91 Å². The molecule has 0 heterocycles. The van der Waals surface area contributed by atoms with Crippen molar-refractivity contribution >= 4 is 23.7 Å². The Kier molecular flexibility index (Phi) is 7.45. The Labute approximate surface area is 184 Å². The summed E-state index contributed by atoms with van der Waals surface area (Å²) < 4.78 is 29.2. The summed E-state index contributed by atoms with van der Waals surface area (Å²) >= 11 is 6.08. The van der Waals surface area contributed by atoms with Crippen LogP contribution in [0.25, 0.3) is 0 Å². The molecule has 0 aromatic heterocycles. The zero-order valence-electron chi connectivity index (χ0n) is 16.9. The van der Waals surface area contributed by atoms with Crippen LogP contribution in [0.15, 0.2) is 65.8 Å². The molecule has 0 radical (unpaired) electrons. The van der Waals surface area contributed by atoms with Crippen LogP contribution >= 0.6 is 11.6 Å². The fourth-order valence-electron chi connectivity index (χ4n) is 2.66. The maximum absolute atomic E-state index is 13.0. The Balaban J connectivity index is 1.70. The predicted molar refractivity (Wildman–Crippen MR) is 117 cm³/mol.